The molecule has 0 fully saturated rings. The Morgan fingerprint density at radius 3 is 2.33 bits per heavy atom. The van der Waals surface area contributed by atoms with Crippen LogP contribution in [0.4, 0.5) is 0 Å². The Morgan fingerprint density at radius 1 is 1.28 bits per heavy atom. The number of benzene rings is 1. The Bertz CT molecular complexity index is 433. The van der Waals surface area contributed by atoms with E-state index in [0.717, 1.165) is 10.2 Å². The Kier molecular flexibility index (Phi) is 4.79. The van der Waals surface area contributed by atoms with E-state index in [1.54, 1.807) is 18.2 Å². The molecule has 0 aliphatic rings. The van der Waals surface area contributed by atoms with Crippen molar-refractivity contribution in [2.75, 3.05) is 0 Å². The van der Waals surface area contributed by atoms with Crippen LogP contribution in [0.2, 0.25) is 0 Å². The Labute approximate surface area is 117 Å². The number of hydrogen-bond donors (Lipinski definition) is 0. The molecule has 0 amide bonds. The van der Waals surface area contributed by atoms with Crippen molar-refractivity contribution in [1.82, 2.24) is 0 Å². The van der Waals surface area contributed by atoms with Gasteiger partial charge in [-0.25, -0.2) is 4.79 Å². The molecule has 0 aliphatic carbocycles. The number of ether oxygens (including phenoxy) is 2. The quantitative estimate of drug-likeness (QED) is 0.785. The first kappa shape index (κ1) is 15.0. The number of halogens is 1. The van der Waals surface area contributed by atoms with Crippen LogP contribution in [-0.4, -0.2) is 17.7 Å². The SMILES string of the molecule is CC(C)Oc1ccc(C(=O)OC(C)(C)C)cc1Br. The third kappa shape index (κ3) is 4.69. The van der Waals surface area contributed by atoms with Gasteiger partial charge in [-0.2, -0.15) is 0 Å². The number of hydrogen-bond acceptors (Lipinski definition) is 3. The molecule has 0 saturated carbocycles. The smallest absolute Gasteiger partial charge is 0.338 e. The van der Waals surface area contributed by atoms with Crippen LogP contribution >= 0.6 is 15.9 Å². The summed E-state index contributed by atoms with van der Waals surface area (Å²) >= 11 is 3.39. The van der Waals surface area contributed by atoms with E-state index in [1.807, 2.05) is 34.6 Å². The molecule has 1 aromatic rings. The molecule has 3 nitrogen and oxygen atoms in total. The summed E-state index contributed by atoms with van der Waals surface area (Å²) in [4.78, 5) is 11.9. The van der Waals surface area contributed by atoms with E-state index in [0.29, 0.717) is 5.56 Å². The van der Waals surface area contributed by atoms with Crippen molar-refractivity contribution in [3.8, 4) is 5.75 Å². The molecule has 100 valence electrons. The van der Waals surface area contributed by atoms with E-state index < -0.39 is 5.60 Å². The highest BCUT2D eigenvalue weighted by atomic mass is 79.9. The standard InChI is InChI=1S/C14H19BrO3/c1-9(2)17-12-7-6-10(8-11(12)15)13(16)18-14(3,4)5/h6-9H,1-5H3. The summed E-state index contributed by atoms with van der Waals surface area (Å²) in [5.74, 6) is 0.386. The van der Waals surface area contributed by atoms with Crippen LogP contribution in [0, 0.1) is 0 Å². The van der Waals surface area contributed by atoms with Crippen LogP contribution in [0.1, 0.15) is 45.0 Å². The molecular weight excluding hydrogens is 296 g/mol. The first-order valence-corrected chi connectivity index (χ1v) is 6.68. The minimum absolute atomic E-state index is 0.0914. The van der Waals surface area contributed by atoms with E-state index in [-0.39, 0.29) is 12.1 Å². The van der Waals surface area contributed by atoms with Crippen molar-refractivity contribution >= 4 is 21.9 Å². The van der Waals surface area contributed by atoms with Crippen molar-refractivity contribution in [2.24, 2.45) is 0 Å². The normalized spacial score (nSPS) is 11.5. The lowest BCUT2D eigenvalue weighted by molar-refractivity contribution is 0.00694. The summed E-state index contributed by atoms with van der Waals surface area (Å²) in [6.45, 7) is 9.44. The predicted molar refractivity (Wildman–Crippen MR) is 75.1 cm³/mol. The van der Waals surface area contributed by atoms with Crippen molar-refractivity contribution in [3.63, 3.8) is 0 Å². The molecule has 1 aromatic carbocycles. The summed E-state index contributed by atoms with van der Waals surface area (Å²) < 4.78 is 11.6. The highest BCUT2D eigenvalue weighted by molar-refractivity contribution is 9.10. The molecule has 4 heteroatoms. The van der Waals surface area contributed by atoms with Crippen molar-refractivity contribution in [2.45, 2.75) is 46.3 Å². The number of esters is 1. The number of carbonyl (C=O) groups is 1. The van der Waals surface area contributed by atoms with E-state index in [1.165, 1.54) is 0 Å². The van der Waals surface area contributed by atoms with Gasteiger partial charge in [0.15, 0.2) is 0 Å². The lowest BCUT2D eigenvalue weighted by Crippen LogP contribution is -2.23. The summed E-state index contributed by atoms with van der Waals surface area (Å²) in [7, 11) is 0. The molecule has 0 N–H and O–H groups in total. The van der Waals surface area contributed by atoms with Crippen LogP contribution < -0.4 is 4.74 Å². The van der Waals surface area contributed by atoms with Crippen LogP contribution in [0.5, 0.6) is 5.75 Å². The van der Waals surface area contributed by atoms with E-state index in [4.69, 9.17) is 9.47 Å². The van der Waals surface area contributed by atoms with Gasteiger partial charge in [-0.15, -0.1) is 0 Å². The minimum atomic E-state index is -0.489. The van der Waals surface area contributed by atoms with Gasteiger partial charge in [-0.3, -0.25) is 0 Å². The highest BCUT2D eigenvalue weighted by Crippen LogP contribution is 2.27. The zero-order valence-corrected chi connectivity index (χ0v) is 13.0. The lowest BCUT2D eigenvalue weighted by Gasteiger charge is -2.20. The number of carbonyl (C=O) groups excluding carboxylic acids is 1. The fourth-order valence-corrected chi connectivity index (χ4v) is 1.79. The van der Waals surface area contributed by atoms with Crippen molar-refractivity contribution in [3.05, 3.63) is 28.2 Å². The zero-order valence-electron chi connectivity index (χ0n) is 11.4. The van der Waals surface area contributed by atoms with Gasteiger partial charge in [-0.05, 0) is 68.7 Å². The van der Waals surface area contributed by atoms with Gasteiger partial charge in [0.25, 0.3) is 0 Å². The van der Waals surface area contributed by atoms with Gasteiger partial charge in [0, 0.05) is 0 Å². The molecule has 0 unspecified atom stereocenters. The first-order valence-electron chi connectivity index (χ1n) is 5.88. The molecule has 0 spiro atoms. The third-order valence-corrected chi connectivity index (χ3v) is 2.55. The van der Waals surface area contributed by atoms with E-state index in [9.17, 15) is 4.79 Å². The Balaban J connectivity index is 2.87. The summed E-state index contributed by atoms with van der Waals surface area (Å²) in [6, 6.07) is 5.19. The average Bonchev–Trinajstić information content (AvgIpc) is 2.17. The molecular formula is C14H19BrO3. The van der Waals surface area contributed by atoms with Crippen LogP contribution in [-0.2, 0) is 4.74 Å². The molecule has 0 aromatic heterocycles. The van der Waals surface area contributed by atoms with Crippen molar-refractivity contribution in [1.29, 1.82) is 0 Å². The molecule has 0 atom stereocenters. The second kappa shape index (κ2) is 5.74. The monoisotopic (exact) mass is 314 g/mol. The highest BCUT2D eigenvalue weighted by Gasteiger charge is 2.18. The predicted octanol–water partition coefficient (Wildman–Crippen LogP) is 4.19. The largest absolute Gasteiger partial charge is 0.490 e. The zero-order chi connectivity index (χ0) is 13.9. The second-order valence-corrected chi connectivity index (χ2v) is 6.17. The van der Waals surface area contributed by atoms with Crippen LogP contribution in [0.3, 0.4) is 0 Å². The van der Waals surface area contributed by atoms with Gasteiger partial charge in [0.2, 0.25) is 0 Å². The summed E-state index contributed by atoms with van der Waals surface area (Å²) in [5.41, 5.74) is 0.0179. The number of rotatable bonds is 3. The Morgan fingerprint density at radius 2 is 1.89 bits per heavy atom. The molecule has 0 saturated heterocycles. The summed E-state index contributed by atoms with van der Waals surface area (Å²) in [6.07, 6.45) is 0.0914. The maximum Gasteiger partial charge on any atom is 0.338 e. The van der Waals surface area contributed by atoms with Gasteiger partial charge in [-0.1, -0.05) is 0 Å². The molecule has 18 heavy (non-hydrogen) atoms. The fourth-order valence-electron chi connectivity index (χ4n) is 1.31. The molecule has 0 bridgehead atoms. The average molecular weight is 315 g/mol. The molecule has 0 heterocycles. The maximum atomic E-state index is 11.9. The third-order valence-electron chi connectivity index (χ3n) is 1.93. The first-order chi connectivity index (χ1) is 8.19. The van der Waals surface area contributed by atoms with E-state index >= 15 is 0 Å². The second-order valence-electron chi connectivity index (χ2n) is 5.31. The maximum absolute atomic E-state index is 11.9. The van der Waals surface area contributed by atoms with Gasteiger partial charge in [0.1, 0.15) is 11.4 Å². The van der Waals surface area contributed by atoms with Gasteiger partial charge in [0.05, 0.1) is 16.1 Å². The minimum Gasteiger partial charge on any atom is -0.490 e. The Hall–Kier alpha value is -1.03. The van der Waals surface area contributed by atoms with E-state index in [2.05, 4.69) is 15.9 Å². The molecule has 0 aliphatic heterocycles. The van der Waals surface area contributed by atoms with Gasteiger partial charge >= 0.3 is 5.97 Å². The lowest BCUT2D eigenvalue weighted by atomic mass is 10.1. The van der Waals surface area contributed by atoms with Crippen LogP contribution in [0.15, 0.2) is 22.7 Å². The molecule has 0 radical (unpaired) electrons. The molecule has 1 rings (SSSR count). The summed E-state index contributed by atoms with van der Waals surface area (Å²) in [5, 5.41) is 0. The van der Waals surface area contributed by atoms with Crippen LogP contribution in [0.25, 0.3) is 0 Å². The topological polar surface area (TPSA) is 35.5 Å². The van der Waals surface area contributed by atoms with Crippen molar-refractivity contribution < 1.29 is 14.3 Å². The van der Waals surface area contributed by atoms with Gasteiger partial charge < -0.3 is 9.47 Å². The fraction of sp³-hybridized carbons (Fsp3) is 0.500.